The average Bonchev–Trinajstić information content (AvgIpc) is 2.67. The summed E-state index contributed by atoms with van der Waals surface area (Å²) in [5.74, 6) is 2.17. The summed E-state index contributed by atoms with van der Waals surface area (Å²) in [5.41, 5.74) is 2.21. The maximum absolute atomic E-state index is 12.3. The fourth-order valence-electron chi connectivity index (χ4n) is 3.86. The molecule has 2 heterocycles. The predicted molar refractivity (Wildman–Crippen MR) is 108 cm³/mol. The van der Waals surface area contributed by atoms with Crippen LogP contribution in [0.15, 0.2) is 35.2 Å². The molecule has 0 aliphatic carbocycles. The highest BCUT2D eigenvalue weighted by Crippen LogP contribution is 2.27. The third-order valence-corrected chi connectivity index (χ3v) is 6.64. The van der Waals surface area contributed by atoms with Gasteiger partial charge in [-0.25, -0.2) is 13.1 Å². The number of rotatable bonds is 5. The van der Waals surface area contributed by atoms with E-state index in [0.29, 0.717) is 28.8 Å². The van der Waals surface area contributed by atoms with Gasteiger partial charge in [-0.15, -0.1) is 10.2 Å². The van der Waals surface area contributed by atoms with Crippen molar-refractivity contribution in [2.24, 2.45) is 11.8 Å². The van der Waals surface area contributed by atoms with Gasteiger partial charge in [-0.1, -0.05) is 32.9 Å². The molecule has 2 atom stereocenters. The van der Waals surface area contributed by atoms with Gasteiger partial charge in [-0.2, -0.15) is 0 Å². The SMILES string of the molecule is CCc1ccc(-c2ccc(N3CC(C)CC(C)C3)nn2)cc1S(=O)(=O)NC. The van der Waals surface area contributed by atoms with E-state index in [0.717, 1.165) is 30.0 Å². The Bertz CT molecular complexity index is 887. The second kappa shape index (κ2) is 7.94. The Morgan fingerprint density at radius 1 is 1.11 bits per heavy atom. The number of nitrogens with zero attached hydrogens (tertiary/aromatic N) is 3. The van der Waals surface area contributed by atoms with Crippen molar-refractivity contribution in [3.05, 3.63) is 35.9 Å². The van der Waals surface area contributed by atoms with Crippen molar-refractivity contribution < 1.29 is 8.42 Å². The van der Waals surface area contributed by atoms with Gasteiger partial charge in [-0.05, 0) is 55.5 Å². The number of nitrogens with one attached hydrogen (secondary N) is 1. The molecule has 0 amide bonds. The van der Waals surface area contributed by atoms with Crippen LogP contribution in [0, 0.1) is 11.8 Å². The van der Waals surface area contributed by atoms with Crippen molar-refractivity contribution in [3.63, 3.8) is 0 Å². The molecule has 7 heteroatoms. The predicted octanol–water partition coefficient (Wildman–Crippen LogP) is 3.10. The highest BCUT2D eigenvalue weighted by molar-refractivity contribution is 7.89. The Morgan fingerprint density at radius 3 is 2.37 bits per heavy atom. The summed E-state index contributed by atoms with van der Waals surface area (Å²) >= 11 is 0. The van der Waals surface area contributed by atoms with Gasteiger partial charge in [0.15, 0.2) is 5.82 Å². The van der Waals surface area contributed by atoms with E-state index in [9.17, 15) is 8.42 Å². The van der Waals surface area contributed by atoms with Crippen LogP contribution in [-0.4, -0.2) is 38.8 Å². The zero-order valence-corrected chi connectivity index (χ0v) is 17.3. The van der Waals surface area contributed by atoms with Crippen LogP contribution in [0.25, 0.3) is 11.3 Å². The molecule has 0 spiro atoms. The van der Waals surface area contributed by atoms with Gasteiger partial charge in [0, 0.05) is 18.7 Å². The molecule has 0 saturated carbocycles. The summed E-state index contributed by atoms with van der Waals surface area (Å²) in [6.07, 6.45) is 1.89. The summed E-state index contributed by atoms with van der Waals surface area (Å²) in [6, 6.07) is 9.33. The molecule has 2 unspecified atom stereocenters. The minimum absolute atomic E-state index is 0.301. The lowest BCUT2D eigenvalue weighted by Crippen LogP contribution is -2.39. The monoisotopic (exact) mass is 388 g/mol. The first kappa shape index (κ1) is 19.8. The molecular formula is C20H28N4O2S. The van der Waals surface area contributed by atoms with Crippen molar-refractivity contribution in [3.8, 4) is 11.3 Å². The number of hydrogen-bond acceptors (Lipinski definition) is 5. The molecular weight excluding hydrogens is 360 g/mol. The topological polar surface area (TPSA) is 75.2 Å². The van der Waals surface area contributed by atoms with E-state index in [1.165, 1.54) is 13.5 Å². The molecule has 27 heavy (non-hydrogen) atoms. The van der Waals surface area contributed by atoms with Crippen molar-refractivity contribution in [1.29, 1.82) is 0 Å². The van der Waals surface area contributed by atoms with Crippen LogP contribution in [0.1, 0.15) is 32.8 Å². The van der Waals surface area contributed by atoms with Crippen molar-refractivity contribution >= 4 is 15.8 Å². The van der Waals surface area contributed by atoms with Gasteiger partial charge in [0.05, 0.1) is 10.6 Å². The van der Waals surface area contributed by atoms with E-state index >= 15 is 0 Å². The lowest BCUT2D eigenvalue weighted by atomic mass is 9.92. The third-order valence-electron chi connectivity index (χ3n) is 5.15. The van der Waals surface area contributed by atoms with E-state index in [1.54, 1.807) is 6.07 Å². The molecule has 6 nitrogen and oxygen atoms in total. The molecule has 0 radical (unpaired) electrons. The average molecular weight is 389 g/mol. The summed E-state index contributed by atoms with van der Waals surface area (Å²) < 4.78 is 27.1. The largest absolute Gasteiger partial charge is 0.355 e. The molecule has 0 bridgehead atoms. The van der Waals surface area contributed by atoms with E-state index in [1.807, 2.05) is 31.2 Å². The Labute approximate surface area is 162 Å². The zero-order valence-electron chi connectivity index (χ0n) is 16.4. The maximum atomic E-state index is 12.3. The Hall–Kier alpha value is -1.99. The third kappa shape index (κ3) is 4.30. The quantitative estimate of drug-likeness (QED) is 0.852. The van der Waals surface area contributed by atoms with Gasteiger partial charge in [-0.3, -0.25) is 0 Å². The lowest BCUT2D eigenvalue weighted by molar-refractivity contribution is 0.355. The first-order valence-corrected chi connectivity index (χ1v) is 11.0. The summed E-state index contributed by atoms with van der Waals surface area (Å²) in [7, 11) is -2.09. The molecule has 1 aliphatic rings. The molecule has 1 aromatic heterocycles. The molecule has 1 fully saturated rings. The number of piperidine rings is 1. The van der Waals surface area contributed by atoms with Crippen LogP contribution in [0.3, 0.4) is 0 Å². The summed E-state index contributed by atoms with van der Waals surface area (Å²) in [4.78, 5) is 2.58. The van der Waals surface area contributed by atoms with Crippen molar-refractivity contribution in [2.75, 3.05) is 25.0 Å². The zero-order chi connectivity index (χ0) is 19.6. The van der Waals surface area contributed by atoms with Crippen molar-refractivity contribution in [1.82, 2.24) is 14.9 Å². The molecule has 146 valence electrons. The van der Waals surface area contributed by atoms with Crippen LogP contribution in [-0.2, 0) is 16.4 Å². The first-order chi connectivity index (χ1) is 12.8. The number of aromatic nitrogens is 2. The van der Waals surface area contributed by atoms with Crippen LogP contribution in [0.4, 0.5) is 5.82 Å². The second-order valence-electron chi connectivity index (χ2n) is 7.51. The number of benzene rings is 1. The fraction of sp³-hybridized carbons (Fsp3) is 0.500. The summed E-state index contributed by atoms with van der Waals surface area (Å²) in [6.45, 7) is 8.47. The Kier molecular flexibility index (Phi) is 5.81. The van der Waals surface area contributed by atoms with Crippen LogP contribution >= 0.6 is 0 Å². The second-order valence-corrected chi connectivity index (χ2v) is 9.37. The van der Waals surface area contributed by atoms with Gasteiger partial charge < -0.3 is 4.90 Å². The Balaban J connectivity index is 1.90. The number of aryl methyl sites for hydroxylation is 1. The van der Waals surface area contributed by atoms with Crippen molar-refractivity contribution in [2.45, 2.75) is 38.5 Å². The highest BCUT2D eigenvalue weighted by Gasteiger charge is 2.23. The van der Waals surface area contributed by atoms with E-state index < -0.39 is 10.0 Å². The molecule has 1 saturated heterocycles. The fourth-order valence-corrected chi connectivity index (χ4v) is 4.92. The minimum Gasteiger partial charge on any atom is -0.355 e. The summed E-state index contributed by atoms with van der Waals surface area (Å²) in [5, 5.41) is 8.78. The normalized spacial score (nSPS) is 20.7. The van der Waals surface area contributed by atoms with E-state index in [-0.39, 0.29) is 0 Å². The molecule has 1 N–H and O–H groups in total. The van der Waals surface area contributed by atoms with Gasteiger partial charge in [0.25, 0.3) is 0 Å². The highest BCUT2D eigenvalue weighted by atomic mass is 32.2. The first-order valence-electron chi connectivity index (χ1n) is 9.49. The smallest absolute Gasteiger partial charge is 0.240 e. The maximum Gasteiger partial charge on any atom is 0.240 e. The van der Waals surface area contributed by atoms with E-state index in [4.69, 9.17) is 0 Å². The van der Waals surface area contributed by atoms with E-state index in [2.05, 4.69) is 33.7 Å². The number of sulfonamides is 1. The number of anilines is 1. The minimum atomic E-state index is -3.52. The molecule has 1 aromatic carbocycles. The van der Waals surface area contributed by atoms with Gasteiger partial charge in [0.1, 0.15) is 0 Å². The standard InChI is InChI=1S/C20H28N4O2S/c1-5-16-6-7-17(11-19(16)27(25,26)21-4)18-8-9-20(23-22-18)24-12-14(2)10-15(3)13-24/h6-9,11,14-15,21H,5,10,12-13H2,1-4H3. The van der Waals surface area contributed by atoms with Gasteiger partial charge in [0.2, 0.25) is 10.0 Å². The number of hydrogen-bond donors (Lipinski definition) is 1. The lowest BCUT2D eigenvalue weighted by Gasteiger charge is -2.35. The van der Waals surface area contributed by atoms with Gasteiger partial charge >= 0.3 is 0 Å². The molecule has 2 aromatic rings. The van der Waals surface area contributed by atoms with Crippen LogP contribution in [0.2, 0.25) is 0 Å². The van der Waals surface area contributed by atoms with Crippen LogP contribution in [0.5, 0.6) is 0 Å². The molecule has 1 aliphatic heterocycles. The Morgan fingerprint density at radius 2 is 1.81 bits per heavy atom. The molecule has 3 rings (SSSR count). The van der Waals surface area contributed by atoms with Crippen LogP contribution < -0.4 is 9.62 Å².